The van der Waals surface area contributed by atoms with E-state index in [9.17, 15) is 4.39 Å². The molecule has 0 saturated carbocycles. The Kier molecular flexibility index (Phi) is 4.12. The van der Waals surface area contributed by atoms with Crippen LogP contribution in [-0.4, -0.2) is 11.6 Å². The summed E-state index contributed by atoms with van der Waals surface area (Å²) in [5.41, 5.74) is 1.92. The number of halogens is 1. The van der Waals surface area contributed by atoms with Crippen molar-refractivity contribution in [2.75, 3.05) is 11.9 Å². The molecule has 2 rings (SSSR count). The summed E-state index contributed by atoms with van der Waals surface area (Å²) < 4.78 is 18.0. The molecule has 1 aromatic heterocycles. The Morgan fingerprint density at radius 3 is 2.56 bits per heavy atom. The molecule has 1 aromatic carbocycles. The molecular weight excluding hydrogens is 231 g/mol. The standard InChI is InChI=1S/C14H15FN2O/c1-2-18-14-8-7-13(10-17-14)16-9-11-3-5-12(15)6-4-11/h3-8,10,16H,2,9H2,1H3. The quantitative estimate of drug-likeness (QED) is 0.879. The van der Waals surface area contributed by atoms with Gasteiger partial charge < -0.3 is 10.1 Å². The van der Waals surface area contributed by atoms with E-state index in [4.69, 9.17) is 4.74 Å². The molecule has 0 atom stereocenters. The molecule has 4 heteroatoms. The van der Waals surface area contributed by atoms with E-state index in [1.54, 1.807) is 18.3 Å². The summed E-state index contributed by atoms with van der Waals surface area (Å²) in [6.45, 7) is 3.16. The average Bonchev–Trinajstić information content (AvgIpc) is 2.40. The van der Waals surface area contributed by atoms with Gasteiger partial charge in [0.1, 0.15) is 5.82 Å². The predicted molar refractivity (Wildman–Crippen MR) is 69.1 cm³/mol. The minimum atomic E-state index is -0.221. The zero-order valence-electron chi connectivity index (χ0n) is 10.2. The monoisotopic (exact) mass is 246 g/mol. The second-order valence-electron chi connectivity index (χ2n) is 3.80. The number of ether oxygens (including phenoxy) is 1. The molecule has 0 fully saturated rings. The van der Waals surface area contributed by atoms with E-state index in [-0.39, 0.29) is 5.82 Å². The number of anilines is 1. The third-order valence-electron chi connectivity index (χ3n) is 2.44. The average molecular weight is 246 g/mol. The van der Waals surface area contributed by atoms with Gasteiger partial charge in [0, 0.05) is 12.6 Å². The molecule has 0 aliphatic carbocycles. The summed E-state index contributed by atoms with van der Waals surface area (Å²) >= 11 is 0. The number of aromatic nitrogens is 1. The molecule has 0 bridgehead atoms. The maximum atomic E-state index is 12.7. The van der Waals surface area contributed by atoms with Gasteiger partial charge in [-0.2, -0.15) is 0 Å². The molecule has 0 unspecified atom stereocenters. The fourth-order valence-electron chi connectivity index (χ4n) is 1.52. The highest BCUT2D eigenvalue weighted by atomic mass is 19.1. The van der Waals surface area contributed by atoms with Crippen molar-refractivity contribution < 1.29 is 9.13 Å². The van der Waals surface area contributed by atoms with Gasteiger partial charge in [0.15, 0.2) is 0 Å². The highest BCUT2D eigenvalue weighted by molar-refractivity contribution is 5.42. The van der Waals surface area contributed by atoms with Crippen LogP contribution in [0.2, 0.25) is 0 Å². The van der Waals surface area contributed by atoms with E-state index in [1.807, 2.05) is 19.1 Å². The first-order valence-corrected chi connectivity index (χ1v) is 5.85. The van der Waals surface area contributed by atoms with E-state index >= 15 is 0 Å². The number of hydrogen-bond donors (Lipinski definition) is 1. The van der Waals surface area contributed by atoms with E-state index < -0.39 is 0 Å². The molecule has 1 heterocycles. The number of nitrogens with one attached hydrogen (secondary N) is 1. The summed E-state index contributed by atoms with van der Waals surface area (Å²) in [5.74, 6) is 0.395. The third-order valence-corrected chi connectivity index (χ3v) is 2.44. The molecule has 3 nitrogen and oxygen atoms in total. The summed E-state index contributed by atoms with van der Waals surface area (Å²) in [5, 5.41) is 3.21. The van der Waals surface area contributed by atoms with Gasteiger partial charge in [-0.3, -0.25) is 0 Å². The van der Waals surface area contributed by atoms with Crippen molar-refractivity contribution in [3.63, 3.8) is 0 Å². The van der Waals surface area contributed by atoms with Crippen molar-refractivity contribution in [1.29, 1.82) is 0 Å². The Morgan fingerprint density at radius 2 is 1.94 bits per heavy atom. The molecule has 94 valence electrons. The van der Waals surface area contributed by atoms with Crippen molar-refractivity contribution in [1.82, 2.24) is 4.98 Å². The van der Waals surface area contributed by atoms with Crippen molar-refractivity contribution >= 4 is 5.69 Å². The van der Waals surface area contributed by atoms with Crippen LogP contribution in [0.1, 0.15) is 12.5 Å². The van der Waals surface area contributed by atoms with Crippen molar-refractivity contribution in [3.8, 4) is 5.88 Å². The van der Waals surface area contributed by atoms with Crippen molar-refractivity contribution in [2.45, 2.75) is 13.5 Å². The lowest BCUT2D eigenvalue weighted by molar-refractivity contribution is 0.327. The van der Waals surface area contributed by atoms with Gasteiger partial charge in [-0.1, -0.05) is 12.1 Å². The van der Waals surface area contributed by atoms with Crippen molar-refractivity contribution in [2.24, 2.45) is 0 Å². The Hall–Kier alpha value is -2.10. The van der Waals surface area contributed by atoms with Gasteiger partial charge in [-0.25, -0.2) is 9.37 Å². The molecule has 18 heavy (non-hydrogen) atoms. The lowest BCUT2D eigenvalue weighted by atomic mass is 10.2. The first-order chi connectivity index (χ1) is 8.78. The van der Waals surface area contributed by atoms with Gasteiger partial charge in [0.25, 0.3) is 0 Å². The molecule has 0 amide bonds. The second kappa shape index (κ2) is 6.00. The molecule has 0 radical (unpaired) electrons. The second-order valence-corrected chi connectivity index (χ2v) is 3.80. The molecule has 1 N–H and O–H groups in total. The summed E-state index contributed by atoms with van der Waals surface area (Å²) in [4.78, 5) is 4.15. The Bertz CT molecular complexity index is 482. The predicted octanol–water partition coefficient (Wildman–Crippen LogP) is 3.23. The molecular formula is C14H15FN2O. The first-order valence-electron chi connectivity index (χ1n) is 5.85. The summed E-state index contributed by atoms with van der Waals surface area (Å²) in [6, 6.07) is 10.1. The Morgan fingerprint density at radius 1 is 1.17 bits per heavy atom. The van der Waals surface area contributed by atoms with Gasteiger partial charge >= 0.3 is 0 Å². The van der Waals surface area contributed by atoms with Crippen LogP contribution in [-0.2, 0) is 6.54 Å². The van der Waals surface area contributed by atoms with E-state index in [0.717, 1.165) is 11.3 Å². The van der Waals surface area contributed by atoms with Crippen LogP contribution in [0.15, 0.2) is 42.6 Å². The van der Waals surface area contributed by atoms with Crippen LogP contribution >= 0.6 is 0 Å². The van der Waals surface area contributed by atoms with E-state index in [2.05, 4.69) is 10.3 Å². The molecule has 0 aliphatic heterocycles. The molecule has 0 aliphatic rings. The highest BCUT2D eigenvalue weighted by Crippen LogP contribution is 2.13. The number of hydrogen-bond acceptors (Lipinski definition) is 3. The highest BCUT2D eigenvalue weighted by Gasteiger charge is 1.97. The zero-order chi connectivity index (χ0) is 12.8. The number of benzene rings is 1. The molecule has 0 spiro atoms. The van der Waals surface area contributed by atoms with Crippen LogP contribution in [0.3, 0.4) is 0 Å². The van der Waals surface area contributed by atoms with Gasteiger partial charge in [-0.15, -0.1) is 0 Å². The fourth-order valence-corrected chi connectivity index (χ4v) is 1.52. The minimum Gasteiger partial charge on any atom is -0.478 e. The van der Waals surface area contributed by atoms with Crippen LogP contribution in [0.4, 0.5) is 10.1 Å². The third kappa shape index (κ3) is 3.45. The maximum absolute atomic E-state index is 12.7. The van der Waals surface area contributed by atoms with Crippen LogP contribution < -0.4 is 10.1 Å². The van der Waals surface area contributed by atoms with Gasteiger partial charge in [-0.05, 0) is 30.7 Å². The van der Waals surface area contributed by atoms with Crippen molar-refractivity contribution in [3.05, 3.63) is 54.0 Å². The summed E-state index contributed by atoms with van der Waals surface area (Å²) in [6.07, 6.45) is 1.72. The minimum absolute atomic E-state index is 0.221. The Labute approximate surface area is 106 Å². The number of rotatable bonds is 5. The van der Waals surface area contributed by atoms with Crippen LogP contribution in [0.25, 0.3) is 0 Å². The Balaban J connectivity index is 1.91. The smallest absolute Gasteiger partial charge is 0.213 e. The normalized spacial score (nSPS) is 10.1. The molecule has 2 aromatic rings. The van der Waals surface area contributed by atoms with Gasteiger partial charge in [0.05, 0.1) is 18.5 Å². The number of pyridine rings is 1. The largest absolute Gasteiger partial charge is 0.478 e. The SMILES string of the molecule is CCOc1ccc(NCc2ccc(F)cc2)cn1. The number of nitrogens with zero attached hydrogens (tertiary/aromatic N) is 1. The topological polar surface area (TPSA) is 34.1 Å². The fraction of sp³-hybridized carbons (Fsp3) is 0.214. The summed E-state index contributed by atoms with van der Waals surface area (Å²) in [7, 11) is 0. The lowest BCUT2D eigenvalue weighted by Gasteiger charge is -2.07. The van der Waals surface area contributed by atoms with E-state index in [0.29, 0.717) is 19.0 Å². The van der Waals surface area contributed by atoms with Crippen LogP contribution in [0, 0.1) is 5.82 Å². The van der Waals surface area contributed by atoms with Crippen LogP contribution in [0.5, 0.6) is 5.88 Å². The zero-order valence-corrected chi connectivity index (χ0v) is 10.2. The lowest BCUT2D eigenvalue weighted by Crippen LogP contribution is -2.00. The van der Waals surface area contributed by atoms with E-state index in [1.165, 1.54) is 12.1 Å². The van der Waals surface area contributed by atoms with Gasteiger partial charge in [0.2, 0.25) is 5.88 Å². The molecule has 0 saturated heterocycles. The first kappa shape index (κ1) is 12.4. The maximum Gasteiger partial charge on any atom is 0.213 e.